The van der Waals surface area contributed by atoms with E-state index in [4.69, 9.17) is 48.1 Å². The van der Waals surface area contributed by atoms with Crippen molar-refractivity contribution in [2.45, 2.75) is 18.9 Å². The van der Waals surface area contributed by atoms with Crippen LogP contribution in [0.2, 0.25) is 10.0 Å². The average molecular weight is 674 g/mol. The third-order valence-corrected chi connectivity index (χ3v) is 9.88. The predicted molar refractivity (Wildman–Crippen MR) is 186 cm³/mol. The maximum atomic E-state index is 12.5. The van der Waals surface area contributed by atoms with Gasteiger partial charge >= 0.3 is 0 Å². The molecular formula is C35H34Cl2N6O4. The number of ether oxygens (including phenoxy) is 3. The molecule has 2 aliphatic rings. The molecule has 47 heavy (non-hydrogen) atoms. The van der Waals surface area contributed by atoms with Crippen LogP contribution in [0.1, 0.15) is 18.4 Å². The molecular weight excluding hydrogens is 639 g/mol. The first-order valence-corrected chi connectivity index (χ1v) is 16.1. The second kappa shape index (κ2) is 12.3. The number of fused-ring (bicyclic) bond motifs is 3. The first-order chi connectivity index (χ1) is 22.7. The summed E-state index contributed by atoms with van der Waals surface area (Å²) in [4.78, 5) is 26.8. The van der Waals surface area contributed by atoms with Crippen molar-refractivity contribution >= 4 is 56.9 Å². The van der Waals surface area contributed by atoms with E-state index in [-0.39, 0.29) is 5.57 Å². The number of aromatic nitrogens is 3. The zero-order chi connectivity index (χ0) is 33.0. The Bertz CT molecular complexity index is 2040. The van der Waals surface area contributed by atoms with Crippen molar-refractivity contribution < 1.29 is 19.0 Å². The molecule has 0 radical (unpaired) electrons. The Morgan fingerprint density at radius 3 is 2.19 bits per heavy atom. The van der Waals surface area contributed by atoms with Crippen molar-refractivity contribution in [3.05, 3.63) is 71.1 Å². The van der Waals surface area contributed by atoms with E-state index in [1.807, 2.05) is 34.9 Å². The van der Waals surface area contributed by atoms with Gasteiger partial charge in [-0.3, -0.25) is 19.1 Å². The lowest BCUT2D eigenvalue weighted by atomic mass is 9.97. The summed E-state index contributed by atoms with van der Waals surface area (Å²) in [5.41, 5.74) is 11.6. The van der Waals surface area contributed by atoms with Gasteiger partial charge in [0, 0.05) is 102 Å². The molecule has 1 saturated carbocycles. The largest absolute Gasteiger partial charge is 0.496 e. The van der Waals surface area contributed by atoms with Gasteiger partial charge in [-0.25, -0.2) is 4.98 Å². The van der Waals surface area contributed by atoms with Gasteiger partial charge in [0.1, 0.15) is 22.9 Å². The number of hydrogen-bond acceptors (Lipinski definition) is 8. The molecule has 1 aliphatic carbocycles. The van der Waals surface area contributed by atoms with E-state index in [0.29, 0.717) is 66.9 Å². The Kier molecular flexibility index (Phi) is 8.11. The van der Waals surface area contributed by atoms with Gasteiger partial charge in [-0.05, 0) is 31.0 Å². The minimum Gasteiger partial charge on any atom is -0.496 e. The summed E-state index contributed by atoms with van der Waals surface area (Å²) in [6.45, 7) is 7.65. The highest BCUT2D eigenvalue weighted by Gasteiger charge is 2.32. The van der Waals surface area contributed by atoms with Gasteiger partial charge in [0.05, 0.1) is 42.6 Å². The molecule has 1 saturated heterocycles. The highest BCUT2D eigenvalue weighted by Crippen LogP contribution is 2.48. The number of pyridine rings is 2. The van der Waals surface area contributed by atoms with Crippen LogP contribution in [-0.4, -0.2) is 78.7 Å². The van der Waals surface area contributed by atoms with E-state index in [1.165, 1.54) is 27.1 Å². The summed E-state index contributed by atoms with van der Waals surface area (Å²) >= 11 is 13.6. The number of nitrogens with zero attached hydrogens (tertiary/aromatic N) is 5. The van der Waals surface area contributed by atoms with E-state index < -0.39 is 5.91 Å². The number of primary amides is 1. The molecule has 2 aromatic carbocycles. The maximum Gasteiger partial charge on any atom is 0.248 e. The van der Waals surface area contributed by atoms with E-state index in [1.54, 1.807) is 25.6 Å². The Morgan fingerprint density at radius 1 is 0.894 bits per heavy atom. The van der Waals surface area contributed by atoms with Crippen molar-refractivity contribution in [3.8, 4) is 39.6 Å². The molecule has 0 unspecified atom stereocenters. The number of benzene rings is 2. The summed E-state index contributed by atoms with van der Waals surface area (Å²) in [6.07, 6.45) is 7.90. The second-order valence-corrected chi connectivity index (χ2v) is 12.5. The van der Waals surface area contributed by atoms with Crippen LogP contribution in [0, 0.1) is 0 Å². The number of carbonyl (C=O) groups is 1. The number of nitrogens with two attached hydrogens (primary N) is 1. The van der Waals surface area contributed by atoms with Crippen LogP contribution in [0.25, 0.3) is 44.5 Å². The molecule has 7 rings (SSSR count). The Labute approximate surface area is 282 Å². The zero-order valence-corrected chi connectivity index (χ0v) is 27.9. The van der Waals surface area contributed by atoms with Gasteiger partial charge in [-0.1, -0.05) is 29.8 Å². The summed E-state index contributed by atoms with van der Waals surface area (Å²) in [7, 11) is 4.71. The van der Waals surface area contributed by atoms with Gasteiger partial charge in [-0.15, -0.1) is 0 Å². The Hall–Kier alpha value is -4.51. The first kappa shape index (κ1) is 31.1. The van der Waals surface area contributed by atoms with Gasteiger partial charge in [0.25, 0.3) is 0 Å². The van der Waals surface area contributed by atoms with Gasteiger partial charge in [0.2, 0.25) is 5.91 Å². The van der Waals surface area contributed by atoms with Crippen molar-refractivity contribution in [1.29, 1.82) is 0 Å². The van der Waals surface area contributed by atoms with E-state index >= 15 is 0 Å². The summed E-state index contributed by atoms with van der Waals surface area (Å²) < 4.78 is 18.9. The first-order valence-electron chi connectivity index (χ1n) is 15.3. The van der Waals surface area contributed by atoms with Crippen LogP contribution in [0.5, 0.6) is 17.2 Å². The quantitative estimate of drug-likeness (QED) is 0.181. The molecule has 0 atom stereocenters. The van der Waals surface area contributed by atoms with Gasteiger partial charge in [-0.2, -0.15) is 0 Å². The number of piperazine rings is 1. The van der Waals surface area contributed by atoms with E-state index in [2.05, 4.69) is 21.4 Å². The molecule has 1 amide bonds. The Morgan fingerprint density at radius 2 is 1.57 bits per heavy atom. The molecule has 4 heterocycles. The van der Waals surface area contributed by atoms with Crippen LogP contribution in [0.4, 0.5) is 5.69 Å². The smallest absolute Gasteiger partial charge is 0.248 e. The molecule has 12 heteroatoms. The molecule has 2 N–H and O–H groups in total. The summed E-state index contributed by atoms with van der Waals surface area (Å²) in [6, 6.07) is 10.1. The number of imidazole rings is 1. The molecule has 5 aromatic rings. The summed E-state index contributed by atoms with van der Waals surface area (Å²) in [5.74, 6) is 0.896. The van der Waals surface area contributed by atoms with Crippen LogP contribution in [-0.2, 0) is 4.79 Å². The molecule has 0 spiro atoms. The third kappa shape index (κ3) is 5.40. The fraction of sp³-hybridized carbons (Fsp3) is 0.286. The molecule has 0 bridgehead atoms. The zero-order valence-electron chi connectivity index (χ0n) is 26.3. The Balaban J connectivity index is 1.36. The predicted octanol–water partition coefficient (Wildman–Crippen LogP) is 6.33. The minimum atomic E-state index is -0.579. The third-order valence-electron chi connectivity index (χ3n) is 9.13. The van der Waals surface area contributed by atoms with Crippen molar-refractivity contribution in [2.75, 3.05) is 52.4 Å². The number of methoxy groups -OCH3 is 3. The number of amides is 1. The van der Waals surface area contributed by atoms with E-state index in [0.717, 1.165) is 42.8 Å². The minimum absolute atomic E-state index is 0.235. The van der Waals surface area contributed by atoms with Crippen molar-refractivity contribution in [1.82, 2.24) is 19.3 Å². The standard InChI is InChI=1S/C35H34Cl2N6O4/c1-19(34(38)44)22-14-23(28(45-2)16-27(22)42-11-9-41(10-12-42)21-5-6-21)25-15-26-20(18-40-25)13-24(35-39-7-8-43(26)35)31-32(36)29(46-3)17-30(47-4)33(31)37/h7-8,13-18,21H,1,5-6,9-12H2,2-4H3,(H2,38,44). The number of rotatable bonds is 9. The van der Waals surface area contributed by atoms with Crippen LogP contribution < -0.4 is 24.8 Å². The highest BCUT2D eigenvalue weighted by atomic mass is 35.5. The molecule has 10 nitrogen and oxygen atoms in total. The normalized spacial score (nSPS) is 15.3. The van der Waals surface area contributed by atoms with Crippen molar-refractivity contribution in [3.63, 3.8) is 0 Å². The fourth-order valence-corrected chi connectivity index (χ4v) is 7.19. The van der Waals surface area contributed by atoms with E-state index in [9.17, 15) is 4.79 Å². The van der Waals surface area contributed by atoms with Crippen LogP contribution in [0.15, 0.2) is 55.5 Å². The monoisotopic (exact) mass is 672 g/mol. The van der Waals surface area contributed by atoms with Gasteiger partial charge in [0.15, 0.2) is 0 Å². The summed E-state index contributed by atoms with van der Waals surface area (Å²) in [5, 5.41) is 1.50. The number of carbonyl (C=O) groups excluding carboxylic acids is 1. The SMILES string of the molecule is C=C(C(N)=O)c1cc(-c2cc3c(cn2)cc(-c2c(Cl)c(OC)cc(OC)c2Cl)c2nccn23)c(OC)cc1N1CCN(C2CC2)CC1. The average Bonchev–Trinajstić information content (AvgIpc) is 3.82. The lowest BCUT2D eigenvalue weighted by molar-refractivity contribution is -0.112. The fourth-order valence-electron chi connectivity index (χ4n) is 6.49. The number of hydrogen-bond donors (Lipinski definition) is 1. The maximum absolute atomic E-state index is 12.5. The van der Waals surface area contributed by atoms with Gasteiger partial charge < -0.3 is 24.8 Å². The second-order valence-electron chi connectivity index (χ2n) is 11.8. The molecule has 2 fully saturated rings. The van der Waals surface area contributed by atoms with Crippen molar-refractivity contribution in [2.24, 2.45) is 5.73 Å². The van der Waals surface area contributed by atoms with Crippen LogP contribution in [0.3, 0.4) is 0 Å². The topological polar surface area (TPSA) is 107 Å². The highest BCUT2D eigenvalue weighted by molar-refractivity contribution is 6.41. The lowest BCUT2D eigenvalue weighted by Crippen LogP contribution is -2.47. The van der Waals surface area contributed by atoms with Crippen LogP contribution >= 0.6 is 23.2 Å². The molecule has 3 aromatic heterocycles. The molecule has 1 aliphatic heterocycles. The number of halogens is 2. The molecule has 242 valence electrons. The number of anilines is 1. The lowest BCUT2D eigenvalue weighted by Gasteiger charge is -2.37.